The van der Waals surface area contributed by atoms with Crippen LogP contribution in [0, 0.1) is 0 Å². The molecule has 0 unspecified atom stereocenters. The number of ether oxygens (including phenoxy) is 2. The van der Waals surface area contributed by atoms with Crippen molar-refractivity contribution >= 4 is 19.5 Å². The van der Waals surface area contributed by atoms with Crippen LogP contribution in [0.2, 0.25) is 0 Å². The number of esters is 1. The Labute approximate surface area is 195 Å². The van der Waals surface area contributed by atoms with Gasteiger partial charge in [-0.25, -0.2) is 9.36 Å². The Bertz CT molecular complexity index is 1100. The van der Waals surface area contributed by atoms with Gasteiger partial charge in [-0.2, -0.15) is 10.1 Å². The van der Waals surface area contributed by atoms with E-state index in [1.807, 2.05) is 0 Å². The third-order valence-electron chi connectivity index (χ3n) is 5.04. The Morgan fingerprint density at radius 1 is 1.24 bits per heavy atom. The first-order valence-corrected chi connectivity index (χ1v) is 11.8. The number of carbonyl (C=O) groups excluding carboxylic acids is 1. The third kappa shape index (κ3) is 5.81. The third-order valence-corrected chi connectivity index (χ3v) is 6.81. The fraction of sp³-hybridized carbons (Fsp3) is 0.450. The number of hydrogen-bond donors (Lipinski definition) is 4. The fourth-order valence-electron chi connectivity index (χ4n) is 3.37. The lowest BCUT2D eigenvalue weighted by Crippen LogP contribution is -2.41. The summed E-state index contributed by atoms with van der Waals surface area (Å²) in [7, 11) is -3.08. The van der Waals surface area contributed by atoms with Gasteiger partial charge in [-0.3, -0.25) is 13.9 Å². The minimum absolute atomic E-state index is 0.0210. The highest BCUT2D eigenvalue weighted by molar-refractivity contribution is 7.52. The quantitative estimate of drug-likeness (QED) is 0.272. The maximum atomic E-state index is 13.6. The van der Waals surface area contributed by atoms with E-state index in [1.54, 1.807) is 18.2 Å². The Morgan fingerprint density at radius 3 is 2.53 bits per heavy atom. The highest BCUT2D eigenvalue weighted by atomic mass is 31.2. The first-order chi connectivity index (χ1) is 16.0. The predicted molar refractivity (Wildman–Crippen MR) is 119 cm³/mol. The number of para-hydroxylation sites is 1. The van der Waals surface area contributed by atoms with Crippen LogP contribution in [0.15, 0.2) is 47.4 Å². The molecule has 3 rings (SSSR count). The molecule has 2 heterocycles. The molecular formula is C20H27N4O9P. The molecule has 1 saturated heterocycles. The standard InChI is InChI=1S/C20H27N4O9P/c1-11(19(27)30-3)23-34(29,33-13-7-5-4-6-8-13)32-12(2)17-15(25)16(26)18(31-17)24-10-9-14(21)22-20(24)28/h4-12,15-18,25-26H,1-3H3,(H,23,29)(H2,21,22,28)/t11-,12+,15+,16+,17-,18-,34-/m1/s1. The van der Waals surface area contributed by atoms with Crippen molar-refractivity contribution in [3.63, 3.8) is 0 Å². The number of hydrogen-bond acceptors (Lipinski definition) is 11. The molecule has 1 aromatic heterocycles. The van der Waals surface area contributed by atoms with Crippen LogP contribution in [-0.4, -0.2) is 63.3 Å². The molecule has 34 heavy (non-hydrogen) atoms. The maximum absolute atomic E-state index is 13.6. The SMILES string of the molecule is COC(=O)[C@@H](C)N[P@](=O)(Oc1ccccc1)O[C@@H](C)[C@H]1O[C@@H](n2ccc(N)nc2=O)[C@@H](O)[C@@H]1O. The summed E-state index contributed by atoms with van der Waals surface area (Å²) < 4.78 is 36.0. The van der Waals surface area contributed by atoms with E-state index >= 15 is 0 Å². The number of methoxy groups -OCH3 is 1. The lowest BCUT2D eigenvalue weighted by atomic mass is 10.1. The van der Waals surface area contributed by atoms with Crippen molar-refractivity contribution in [2.24, 2.45) is 0 Å². The van der Waals surface area contributed by atoms with Crippen LogP contribution in [0.5, 0.6) is 5.75 Å². The molecule has 0 radical (unpaired) electrons. The zero-order valence-electron chi connectivity index (χ0n) is 18.7. The Balaban J connectivity index is 1.82. The molecule has 1 fully saturated rings. The van der Waals surface area contributed by atoms with Gasteiger partial charge in [-0.05, 0) is 32.0 Å². The topological polar surface area (TPSA) is 184 Å². The van der Waals surface area contributed by atoms with Crippen molar-refractivity contribution in [1.82, 2.24) is 14.6 Å². The molecule has 1 aliphatic rings. The van der Waals surface area contributed by atoms with E-state index in [0.29, 0.717) is 0 Å². The molecule has 0 spiro atoms. The Kier molecular flexibility index (Phi) is 8.08. The largest absolute Gasteiger partial charge is 0.468 e. The lowest BCUT2D eigenvalue weighted by Gasteiger charge is -2.28. The molecular weight excluding hydrogens is 471 g/mol. The van der Waals surface area contributed by atoms with Crippen LogP contribution in [0.25, 0.3) is 0 Å². The van der Waals surface area contributed by atoms with Gasteiger partial charge in [0.25, 0.3) is 0 Å². The summed E-state index contributed by atoms with van der Waals surface area (Å²) in [5, 5.41) is 23.5. The van der Waals surface area contributed by atoms with Crippen molar-refractivity contribution in [3.05, 3.63) is 53.1 Å². The van der Waals surface area contributed by atoms with Crippen LogP contribution in [0.1, 0.15) is 20.1 Å². The Hall–Kier alpha value is -2.80. The van der Waals surface area contributed by atoms with Gasteiger partial charge < -0.3 is 29.9 Å². The van der Waals surface area contributed by atoms with E-state index in [-0.39, 0.29) is 11.6 Å². The number of aliphatic hydroxyl groups excluding tert-OH is 2. The van der Waals surface area contributed by atoms with Gasteiger partial charge in [0.05, 0.1) is 13.2 Å². The lowest BCUT2D eigenvalue weighted by molar-refractivity contribution is -0.142. The Morgan fingerprint density at radius 2 is 1.91 bits per heavy atom. The number of nitrogens with two attached hydrogens (primary N) is 1. The van der Waals surface area contributed by atoms with Gasteiger partial charge in [0.15, 0.2) is 6.23 Å². The van der Waals surface area contributed by atoms with E-state index in [9.17, 15) is 24.4 Å². The molecule has 1 aromatic carbocycles. The van der Waals surface area contributed by atoms with Gasteiger partial charge in [0, 0.05) is 6.20 Å². The van der Waals surface area contributed by atoms with Gasteiger partial charge in [-0.15, -0.1) is 0 Å². The molecule has 1 aliphatic heterocycles. The van der Waals surface area contributed by atoms with Crippen molar-refractivity contribution in [2.75, 3.05) is 12.8 Å². The summed E-state index contributed by atoms with van der Waals surface area (Å²) >= 11 is 0. The number of nitrogens with zero attached hydrogens (tertiary/aromatic N) is 2. The van der Waals surface area contributed by atoms with E-state index in [0.717, 1.165) is 4.57 Å². The van der Waals surface area contributed by atoms with Crippen LogP contribution >= 0.6 is 7.75 Å². The number of nitrogen functional groups attached to an aromatic ring is 1. The van der Waals surface area contributed by atoms with E-state index in [2.05, 4.69) is 14.8 Å². The number of rotatable bonds is 9. The van der Waals surface area contributed by atoms with Gasteiger partial charge in [0.2, 0.25) is 0 Å². The average molecular weight is 498 g/mol. The number of anilines is 1. The summed E-state index contributed by atoms with van der Waals surface area (Å²) in [6, 6.07) is 8.35. The number of carbonyl (C=O) groups is 1. The fourth-order valence-corrected chi connectivity index (χ4v) is 5.06. The average Bonchev–Trinajstić information content (AvgIpc) is 3.08. The minimum Gasteiger partial charge on any atom is -0.468 e. The van der Waals surface area contributed by atoms with Crippen LogP contribution < -0.4 is 21.0 Å². The number of benzene rings is 1. The van der Waals surface area contributed by atoms with Crippen molar-refractivity contribution < 1.29 is 38.1 Å². The van der Waals surface area contributed by atoms with E-state index in [4.69, 9.17) is 19.5 Å². The molecule has 7 atom stereocenters. The molecule has 5 N–H and O–H groups in total. The second kappa shape index (κ2) is 10.6. The first-order valence-electron chi connectivity index (χ1n) is 10.3. The first kappa shape index (κ1) is 25.8. The molecule has 0 bridgehead atoms. The van der Waals surface area contributed by atoms with Crippen molar-refractivity contribution in [2.45, 2.75) is 50.5 Å². The van der Waals surface area contributed by atoms with Crippen LogP contribution in [0.4, 0.5) is 5.82 Å². The second-order valence-electron chi connectivity index (χ2n) is 7.60. The van der Waals surface area contributed by atoms with E-state index in [1.165, 1.54) is 45.4 Å². The monoisotopic (exact) mass is 498 g/mol. The second-order valence-corrected chi connectivity index (χ2v) is 9.25. The van der Waals surface area contributed by atoms with E-state index < -0.39 is 56.1 Å². The van der Waals surface area contributed by atoms with Crippen molar-refractivity contribution in [1.29, 1.82) is 0 Å². The summed E-state index contributed by atoms with van der Waals surface area (Å²) in [6.45, 7) is 2.83. The van der Waals surface area contributed by atoms with Crippen LogP contribution in [0.3, 0.4) is 0 Å². The van der Waals surface area contributed by atoms with Gasteiger partial charge >= 0.3 is 19.4 Å². The molecule has 14 heteroatoms. The molecule has 186 valence electrons. The summed E-state index contributed by atoms with van der Waals surface area (Å²) in [5.41, 5.74) is 4.69. The normalized spacial score (nSPS) is 25.8. The summed E-state index contributed by atoms with van der Waals surface area (Å²) in [5.74, 6) is -0.545. The zero-order chi connectivity index (χ0) is 25.0. The predicted octanol–water partition coefficient (Wildman–Crippen LogP) is 0.188. The molecule has 2 aromatic rings. The zero-order valence-corrected chi connectivity index (χ0v) is 19.6. The van der Waals surface area contributed by atoms with Crippen LogP contribution in [-0.2, 0) is 23.4 Å². The summed E-state index contributed by atoms with van der Waals surface area (Å²) in [6.07, 6.45) is -5.46. The minimum atomic E-state index is -4.25. The molecule has 0 aliphatic carbocycles. The number of aliphatic hydroxyl groups is 2. The summed E-state index contributed by atoms with van der Waals surface area (Å²) in [4.78, 5) is 27.6. The molecule has 0 amide bonds. The molecule has 13 nitrogen and oxygen atoms in total. The van der Waals surface area contributed by atoms with Gasteiger partial charge in [-0.1, -0.05) is 18.2 Å². The number of nitrogens with one attached hydrogen (secondary N) is 1. The maximum Gasteiger partial charge on any atom is 0.459 e. The highest BCUT2D eigenvalue weighted by Gasteiger charge is 2.49. The highest BCUT2D eigenvalue weighted by Crippen LogP contribution is 2.47. The molecule has 0 saturated carbocycles. The van der Waals surface area contributed by atoms with Crippen molar-refractivity contribution in [3.8, 4) is 5.75 Å². The number of aromatic nitrogens is 2. The smallest absolute Gasteiger partial charge is 0.459 e. The van der Waals surface area contributed by atoms with Gasteiger partial charge in [0.1, 0.15) is 35.9 Å².